The van der Waals surface area contributed by atoms with Crippen LogP contribution in [0.15, 0.2) is 140 Å². The van der Waals surface area contributed by atoms with Crippen molar-refractivity contribution in [2.24, 2.45) is 29.6 Å². The van der Waals surface area contributed by atoms with Crippen LogP contribution in [0.3, 0.4) is 0 Å². The van der Waals surface area contributed by atoms with Gasteiger partial charge >= 0.3 is 0 Å². The lowest BCUT2D eigenvalue weighted by atomic mass is 9.48. The molecule has 3 unspecified atom stereocenters. The van der Waals surface area contributed by atoms with Crippen molar-refractivity contribution >= 4 is 17.1 Å². The predicted octanol–water partition coefficient (Wildman–Crippen LogP) is 15.2. The highest BCUT2D eigenvalue weighted by Gasteiger charge is 2.51. The Hall–Kier alpha value is -4.88. The topological polar surface area (TPSA) is 3.24 Å². The molecule has 6 fully saturated rings. The normalized spacial score (nSPS) is 28.4. The molecule has 6 bridgehead atoms. The third-order valence-electron chi connectivity index (χ3n) is 16.3. The number of benzene rings is 6. The zero-order valence-electron chi connectivity index (χ0n) is 33.8. The fraction of sp³-hybridized carbons (Fsp3) is 0.357. The fourth-order valence-corrected chi connectivity index (χ4v) is 14.0. The van der Waals surface area contributed by atoms with Gasteiger partial charge in [0.2, 0.25) is 0 Å². The molecule has 13 rings (SSSR count). The summed E-state index contributed by atoms with van der Waals surface area (Å²) in [4.78, 5) is 2.55. The van der Waals surface area contributed by atoms with Gasteiger partial charge in [0.05, 0.1) is 0 Å². The van der Waals surface area contributed by atoms with Gasteiger partial charge < -0.3 is 4.90 Å². The molecule has 3 atom stereocenters. The van der Waals surface area contributed by atoms with E-state index < -0.39 is 0 Å². The summed E-state index contributed by atoms with van der Waals surface area (Å²) in [5, 5.41) is 0. The third-order valence-corrected chi connectivity index (χ3v) is 16.3. The zero-order valence-corrected chi connectivity index (χ0v) is 33.8. The van der Waals surface area contributed by atoms with E-state index in [0.717, 1.165) is 35.5 Å². The van der Waals surface area contributed by atoms with E-state index in [1.54, 1.807) is 11.1 Å². The summed E-state index contributed by atoms with van der Waals surface area (Å²) < 4.78 is 0. The molecule has 7 aliphatic rings. The molecule has 1 heteroatoms. The lowest BCUT2D eigenvalue weighted by Crippen LogP contribution is -2.48. The first-order chi connectivity index (χ1) is 27.9. The average molecular weight is 742 g/mol. The van der Waals surface area contributed by atoms with Crippen LogP contribution in [-0.4, -0.2) is 0 Å². The predicted molar refractivity (Wildman–Crippen MR) is 238 cm³/mol. The SMILES string of the molecule is CC1(C)c2cc(N(c3ccc(C4CC5CCC4C5)cc3)c3ccc(C45CC6CC(CC(C6)C4)C5)cc3)ccc2-c2c(-c3ccc(-c4ccccc4)cc3)cccc21. The summed E-state index contributed by atoms with van der Waals surface area (Å²) in [5.41, 5.74) is 17.9. The van der Waals surface area contributed by atoms with Gasteiger partial charge in [0, 0.05) is 22.5 Å². The summed E-state index contributed by atoms with van der Waals surface area (Å²) in [7, 11) is 0. The van der Waals surface area contributed by atoms with Crippen LogP contribution in [0.4, 0.5) is 17.1 Å². The Labute approximate surface area is 340 Å². The average Bonchev–Trinajstić information content (AvgIpc) is 3.94. The minimum absolute atomic E-state index is 0.125. The summed E-state index contributed by atoms with van der Waals surface area (Å²) in [6, 6.07) is 54.0. The molecule has 0 aromatic heterocycles. The maximum Gasteiger partial charge on any atom is 0.0465 e. The molecule has 0 heterocycles. The van der Waals surface area contributed by atoms with Crippen LogP contribution in [0.5, 0.6) is 0 Å². The first-order valence-electron chi connectivity index (χ1n) is 22.3. The van der Waals surface area contributed by atoms with E-state index in [0.29, 0.717) is 5.41 Å². The van der Waals surface area contributed by atoms with Crippen molar-refractivity contribution in [3.8, 4) is 33.4 Å². The summed E-state index contributed by atoms with van der Waals surface area (Å²) in [5.74, 6) is 5.45. The first kappa shape index (κ1) is 34.2. The second-order valence-corrected chi connectivity index (χ2v) is 20.0. The highest BCUT2D eigenvalue weighted by molar-refractivity contribution is 5.94. The molecule has 57 heavy (non-hydrogen) atoms. The molecule has 284 valence electrons. The lowest BCUT2D eigenvalue weighted by Gasteiger charge is -2.57. The van der Waals surface area contributed by atoms with E-state index in [2.05, 4.69) is 158 Å². The van der Waals surface area contributed by atoms with E-state index in [-0.39, 0.29) is 5.41 Å². The van der Waals surface area contributed by atoms with Gasteiger partial charge in [-0.1, -0.05) is 123 Å². The van der Waals surface area contributed by atoms with Crippen molar-refractivity contribution in [3.63, 3.8) is 0 Å². The summed E-state index contributed by atoms with van der Waals surface area (Å²) >= 11 is 0. The molecule has 6 saturated carbocycles. The number of fused-ring (bicyclic) bond motifs is 5. The van der Waals surface area contributed by atoms with Crippen molar-refractivity contribution in [1.29, 1.82) is 0 Å². The van der Waals surface area contributed by atoms with Gasteiger partial charge in [0.25, 0.3) is 0 Å². The molecule has 0 spiro atoms. The molecular weight excluding hydrogens is 687 g/mol. The Morgan fingerprint density at radius 3 is 1.75 bits per heavy atom. The highest BCUT2D eigenvalue weighted by Crippen LogP contribution is 2.61. The second kappa shape index (κ2) is 12.8. The van der Waals surface area contributed by atoms with Crippen LogP contribution in [0.25, 0.3) is 33.4 Å². The van der Waals surface area contributed by atoms with E-state index in [9.17, 15) is 0 Å². The van der Waals surface area contributed by atoms with Crippen LogP contribution >= 0.6 is 0 Å². The van der Waals surface area contributed by atoms with Gasteiger partial charge in [0.1, 0.15) is 0 Å². The molecule has 6 aromatic carbocycles. The maximum atomic E-state index is 2.55. The van der Waals surface area contributed by atoms with Crippen LogP contribution in [-0.2, 0) is 10.8 Å². The number of rotatable bonds is 7. The van der Waals surface area contributed by atoms with E-state index in [4.69, 9.17) is 0 Å². The minimum Gasteiger partial charge on any atom is -0.310 e. The smallest absolute Gasteiger partial charge is 0.0465 e. The van der Waals surface area contributed by atoms with Gasteiger partial charge in [-0.15, -0.1) is 0 Å². The Morgan fingerprint density at radius 2 is 1.11 bits per heavy atom. The monoisotopic (exact) mass is 741 g/mol. The molecule has 1 nitrogen and oxygen atoms in total. The molecule has 0 saturated heterocycles. The quantitative estimate of drug-likeness (QED) is 0.157. The van der Waals surface area contributed by atoms with Crippen molar-refractivity contribution < 1.29 is 0 Å². The summed E-state index contributed by atoms with van der Waals surface area (Å²) in [6.45, 7) is 4.86. The highest BCUT2D eigenvalue weighted by atomic mass is 15.1. The molecule has 7 aliphatic carbocycles. The minimum atomic E-state index is -0.125. The van der Waals surface area contributed by atoms with E-state index in [1.807, 2.05) is 0 Å². The molecule has 0 N–H and O–H groups in total. The van der Waals surface area contributed by atoms with Crippen molar-refractivity contribution in [1.82, 2.24) is 0 Å². The standard InChI is InChI=1S/C56H55N/c1-55(2)52-10-6-9-49(42-15-13-41(14-16-42)40-7-4-3-5-8-40)54(52)50-26-25-48(32-53(50)55)57(46-21-17-43(18-22-46)51-31-36-11-12-44(51)30-36)47-23-19-45(20-24-47)56-33-37-27-38(34-56)29-39(28-37)35-56/h3-10,13-26,32,36-39,44,51H,11-12,27-31,33-35H2,1-2H3. The van der Waals surface area contributed by atoms with E-state index >= 15 is 0 Å². The van der Waals surface area contributed by atoms with Gasteiger partial charge in [-0.25, -0.2) is 0 Å². The maximum absolute atomic E-state index is 2.55. The Morgan fingerprint density at radius 1 is 0.474 bits per heavy atom. The fourth-order valence-electron chi connectivity index (χ4n) is 14.0. The number of hydrogen-bond donors (Lipinski definition) is 0. The molecular formula is C56H55N. The second-order valence-electron chi connectivity index (χ2n) is 20.0. The van der Waals surface area contributed by atoms with Gasteiger partial charge in [0.15, 0.2) is 0 Å². The molecule has 0 radical (unpaired) electrons. The summed E-state index contributed by atoms with van der Waals surface area (Å²) in [6.07, 6.45) is 14.4. The Kier molecular flexibility index (Phi) is 7.68. The van der Waals surface area contributed by atoms with Crippen LogP contribution in [0, 0.1) is 29.6 Å². The molecule has 6 aromatic rings. The lowest BCUT2D eigenvalue weighted by molar-refractivity contribution is -0.00518. The van der Waals surface area contributed by atoms with Crippen LogP contribution < -0.4 is 4.90 Å². The van der Waals surface area contributed by atoms with Gasteiger partial charge in [-0.2, -0.15) is 0 Å². The number of anilines is 3. The first-order valence-corrected chi connectivity index (χ1v) is 22.3. The van der Waals surface area contributed by atoms with Gasteiger partial charge in [-0.05, 0) is 191 Å². The van der Waals surface area contributed by atoms with Crippen molar-refractivity contribution in [2.45, 2.75) is 94.8 Å². The zero-order chi connectivity index (χ0) is 37.9. The molecule has 0 amide bonds. The number of hydrogen-bond acceptors (Lipinski definition) is 1. The molecule has 0 aliphatic heterocycles. The largest absolute Gasteiger partial charge is 0.310 e. The van der Waals surface area contributed by atoms with Crippen LogP contribution in [0.1, 0.15) is 106 Å². The van der Waals surface area contributed by atoms with E-state index in [1.165, 1.54) is 126 Å². The van der Waals surface area contributed by atoms with Crippen molar-refractivity contribution in [3.05, 3.63) is 162 Å². The van der Waals surface area contributed by atoms with Crippen molar-refractivity contribution in [2.75, 3.05) is 4.90 Å². The number of nitrogens with zero attached hydrogens (tertiary/aromatic N) is 1. The Balaban J connectivity index is 0.930. The van der Waals surface area contributed by atoms with Crippen LogP contribution in [0.2, 0.25) is 0 Å². The Bertz CT molecular complexity index is 2430. The van der Waals surface area contributed by atoms with Gasteiger partial charge in [-0.3, -0.25) is 0 Å². The third kappa shape index (κ3) is 5.47.